The molecule has 1 heterocycles. The van der Waals surface area contributed by atoms with E-state index >= 15 is 0 Å². The molecule has 0 atom stereocenters. The first-order valence-electron chi connectivity index (χ1n) is 6.56. The molecule has 2 aromatic rings. The van der Waals surface area contributed by atoms with Crippen LogP contribution in [0.3, 0.4) is 0 Å². The second kappa shape index (κ2) is 6.58. The monoisotopic (exact) mass is 267 g/mol. The molecule has 0 unspecified atom stereocenters. The van der Waals surface area contributed by atoms with E-state index in [9.17, 15) is 0 Å². The zero-order chi connectivity index (χ0) is 14.4. The highest BCUT2D eigenvalue weighted by atomic mass is 16.5. The minimum absolute atomic E-state index is 0.552. The van der Waals surface area contributed by atoms with Crippen molar-refractivity contribution in [1.29, 1.82) is 5.26 Å². The summed E-state index contributed by atoms with van der Waals surface area (Å²) >= 11 is 0. The maximum absolute atomic E-state index is 9.07. The van der Waals surface area contributed by atoms with E-state index in [1.165, 1.54) is 0 Å². The number of aryl methyl sites for hydroxylation is 1. The summed E-state index contributed by atoms with van der Waals surface area (Å²) in [6, 6.07) is 13.6. The number of ether oxygens (including phenoxy) is 1. The molecule has 102 valence electrons. The molecule has 0 radical (unpaired) electrons. The van der Waals surface area contributed by atoms with Gasteiger partial charge >= 0.3 is 0 Å². The number of hydrogen-bond acceptors (Lipinski definition) is 4. The first-order chi connectivity index (χ1) is 9.72. The summed E-state index contributed by atoms with van der Waals surface area (Å²) in [4.78, 5) is 4.35. The minimum Gasteiger partial charge on any atom is -0.494 e. The fourth-order valence-corrected chi connectivity index (χ4v) is 1.88. The molecule has 0 amide bonds. The van der Waals surface area contributed by atoms with Crippen molar-refractivity contribution in [1.82, 2.24) is 4.98 Å². The van der Waals surface area contributed by atoms with Gasteiger partial charge in [-0.1, -0.05) is 12.1 Å². The molecule has 4 nitrogen and oxygen atoms in total. The number of anilines is 1. The van der Waals surface area contributed by atoms with Crippen molar-refractivity contribution >= 4 is 5.82 Å². The molecule has 1 aromatic heterocycles. The highest BCUT2D eigenvalue weighted by Crippen LogP contribution is 2.16. The Morgan fingerprint density at radius 1 is 1.30 bits per heavy atom. The van der Waals surface area contributed by atoms with Crippen molar-refractivity contribution in [2.24, 2.45) is 0 Å². The highest BCUT2D eigenvalue weighted by molar-refractivity contribution is 5.52. The molecule has 1 aromatic carbocycles. The summed E-state index contributed by atoms with van der Waals surface area (Å²) in [6.45, 7) is 5.11. The molecule has 1 N–H and O–H groups in total. The summed E-state index contributed by atoms with van der Waals surface area (Å²) in [5.74, 6) is 1.47. The molecule has 0 saturated carbocycles. The molecule has 0 aliphatic carbocycles. The average Bonchev–Trinajstić information content (AvgIpc) is 2.46. The van der Waals surface area contributed by atoms with Crippen LogP contribution in [-0.4, -0.2) is 11.6 Å². The first kappa shape index (κ1) is 13.9. The Hall–Kier alpha value is -2.54. The molecule has 0 aliphatic heterocycles. The lowest BCUT2D eigenvalue weighted by molar-refractivity contribution is 0.340. The summed E-state index contributed by atoms with van der Waals surface area (Å²) < 4.78 is 5.47. The van der Waals surface area contributed by atoms with Gasteiger partial charge in [-0.05, 0) is 43.7 Å². The molecule has 0 aliphatic rings. The number of nitrogens with one attached hydrogen (secondary N) is 1. The van der Waals surface area contributed by atoms with Gasteiger partial charge in [0.05, 0.1) is 12.2 Å². The van der Waals surface area contributed by atoms with Crippen molar-refractivity contribution in [3.8, 4) is 11.8 Å². The predicted molar refractivity (Wildman–Crippen MR) is 78.6 cm³/mol. The zero-order valence-corrected chi connectivity index (χ0v) is 11.7. The number of nitrogens with zero attached hydrogens (tertiary/aromatic N) is 2. The van der Waals surface area contributed by atoms with E-state index in [-0.39, 0.29) is 0 Å². The SMILES string of the molecule is CCOc1cccc(CNc2nc(C)ccc2C#N)c1. The Morgan fingerprint density at radius 2 is 2.15 bits per heavy atom. The van der Waals surface area contributed by atoms with Crippen molar-refractivity contribution in [3.05, 3.63) is 53.2 Å². The largest absolute Gasteiger partial charge is 0.494 e. The smallest absolute Gasteiger partial charge is 0.144 e. The Balaban J connectivity index is 2.11. The van der Waals surface area contributed by atoms with Crippen LogP contribution in [0.4, 0.5) is 5.82 Å². The number of rotatable bonds is 5. The Kier molecular flexibility index (Phi) is 4.56. The molecular weight excluding hydrogens is 250 g/mol. The molecule has 2 rings (SSSR count). The molecule has 20 heavy (non-hydrogen) atoms. The van der Waals surface area contributed by atoms with Crippen LogP contribution in [0.25, 0.3) is 0 Å². The minimum atomic E-state index is 0.552. The van der Waals surface area contributed by atoms with Crippen LogP contribution in [0.1, 0.15) is 23.7 Å². The summed E-state index contributed by atoms with van der Waals surface area (Å²) in [6.07, 6.45) is 0. The van der Waals surface area contributed by atoms with E-state index in [2.05, 4.69) is 16.4 Å². The zero-order valence-electron chi connectivity index (χ0n) is 11.7. The van der Waals surface area contributed by atoms with E-state index in [4.69, 9.17) is 10.00 Å². The number of benzene rings is 1. The third-order valence-electron chi connectivity index (χ3n) is 2.82. The molecular formula is C16H17N3O. The van der Waals surface area contributed by atoms with E-state index in [0.717, 1.165) is 17.0 Å². The molecule has 0 bridgehead atoms. The second-order valence-electron chi connectivity index (χ2n) is 4.39. The number of aromatic nitrogens is 1. The number of nitriles is 1. The normalized spacial score (nSPS) is 9.85. The standard InChI is InChI=1S/C16H17N3O/c1-3-20-15-6-4-5-13(9-15)11-18-16-14(10-17)8-7-12(2)19-16/h4-9H,3,11H2,1-2H3,(H,18,19). The Bertz CT molecular complexity index is 632. The van der Waals surface area contributed by atoms with Crippen LogP contribution < -0.4 is 10.1 Å². The quantitative estimate of drug-likeness (QED) is 0.903. The fraction of sp³-hybridized carbons (Fsp3) is 0.250. The lowest BCUT2D eigenvalue weighted by Gasteiger charge is -2.09. The second-order valence-corrected chi connectivity index (χ2v) is 4.39. The van der Waals surface area contributed by atoms with Crippen LogP contribution in [0.5, 0.6) is 5.75 Å². The van der Waals surface area contributed by atoms with Gasteiger partial charge in [-0.15, -0.1) is 0 Å². The van der Waals surface area contributed by atoms with Crippen molar-refractivity contribution < 1.29 is 4.74 Å². The van der Waals surface area contributed by atoms with Gasteiger partial charge in [0.25, 0.3) is 0 Å². The Labute approximate surface area is 119 Å². The number of pyridine rings is 1. The number of hydrogen-bond donors (Lipinski definition) is 1. The highest BCUT2D eigenvalue weighted by Gasteiger charge is 2.04. The van der Waals surface area contributed by atoms with Gasteiger partial charge in [-0.2, -0.15) is 5.26 Å². The maximum atomic E-state index is 9.07. The maximum Gasteiger partial charge on any atom is 0.144 e. The van der Waals surface area contributed by atoms with Crippen LogP contribution >= 0.6 is 0 Å². The first-order valence-corrected chi connectivity index (χ1v) is 6.56. The van der Waals surface area contributed by atoms with E-state index in [1.54, 1.807) is 6.07 Å². The fourth-order valence-electron chi connectivity index (χ4n) is 1.88. The van der Waals surface area contributed by atoms with Gasteiger partial charge in [-0.3, -0.25) is 0 Å². The third-order valence-corrected chi connectivity index (χ3v) is 2.82. The lowest BCUT2D eigenvalue weighted by atomic mass is 10.2. The molecule has 4 heteroatoms. The van der Waals surface area contributed by atoms with Crippen LogP contribution in [0, 0.1) is 18.3 Å². The van der Waals surface area contributed by atoms with Crippen LogP contribution in [0.2, 0.25) is 0 Å². The molecule has 0 fully saturated rings. The van der Waals surface area contributed by atoms with E-state index < -0.39 is 0 Å². The van der Waals surface area contributed by atoms with E-state index in [0.29, 0.717) is 24.5 Å². The van der Waals surface area contributed by atoms with Crippen molar-refractivity contribution in [3.63, 3.8) is 0 Å². The van der Waals surface area contributed by atoms with Gasteiger partial charge in [-0.25, -0.2) is 4.98 Å². The van der Waals surface area contributed by atoms with Gasteiger partial charge < -0.3 is 10.1 Å². The van der Waals surface area contributed by atoms with Gasteiger partial charge in [0.1, 0.15) is 17.6 Å². The Morgan fingerprint density at radius 3 is 2.90 bits per heavy atom. The summed E-state index contributed by atoms with van der Waals surface area (Å²) in [5.41, 5.74) is 2.52. The average molecular weight is 267 g/mol. The predicted octanol–water partition coefficient (Wildman–Crippen LogP) is 3.27. The molecule has 0 saturated heterocycles. The van der Waals surface area contributed by atoms with Crippen LogP contribution in [0.15, 0.2) is 36.4 Å². The van der Waals surface area contributed by atoms with Crippen LogP contribution in [-0.2, 0) is 6.54 Å². The molecule has 0 spiro atoms. The third kappa shape index (κ3) is 3.48. The summed E-state index contributed by atoms with van der Waals surface area (Å²) in [7, 11) is 0. The van der Waals surface area contributed by atoms with Gasteiger partial charge in [0.2, 0.25) is 0 Å². The van der Waals surface area contributed by atoms with Crippen molar-refractivity contribution in [2.75, 3.05) is 11.9 Å². The van der Waals surface area contributed by atoms with Gasteiger partial charge in [0.15, 0.2) is 0 Å². The van der Waals surface area contributed by atoms with E-state index in [1.807, 2.05) is 44.2 Å². The topological polar surface area (TPSA) is 57.9 Å². The van der Waals surface area contributed by atoms with Crippen molar-refractivity contribution in [2.45, 2.75) is 20.4 Å². The lowest BCUT2D eigenvalue weighted by Crippen LogP contribution is -2.04. The summed E-state index contributed by atoms with van der Waals surface area (Å²) in [5, 5.41) is 12.3. The van der Waals surface area contributed by atoms with Gasteiger partial charge in [0, 0.05) is 12.2 Å².